The average Bonchev–Trinajstić information content (AvgIpc) is 2.24. The molecule has 0 spiro atoms. The predicted octanol–water partition coefficient (Wildman–Crippen LogP) is 1.31. The van der Waals surface area contributed by atoms with Gasteiger partial charge in [-0.25, -0.2) is 8.42 Å². The summed E-state index contributed by atoms with van der Waals surface area (Å²) < 4.78 is 26.0. The third-order valence-electron chi connectivity index (χ3n) is 2.44. The molecule has 5 nitrogen and oxygen atoms in total. The van der Waals surface area contributed by atoms with Crippen LogP contribution in [-0.2, 0) is 10.0 Å². The molecular formula is C11H17ClN2O3S. The summed E-state index contributed by atoms with van der Waals surface area (Å²) in [4.78, 5) is 0.000478. The van der Waals surface area contributed by atoms with Crippen LogP contribution in [0.15, 0.2) is 23.1 Å². The van der Waals surface area contributed by atoms with Crippen LogP contribution in [0.1, 0.15) is 13.8 Å². The lowest BCUT2D eigenvalue weighted by Crippen LogP contribution is -2.39. The average molecular weight is 293 g/mol. The highest BCUT2D eigenvalue weighted by Gasteiger charge is 2.28. The maximum atomic E-state index is 12.4. The molecule has 0 unspecified atom stereocenters. The van der Waals surface area contributed by atoms with Crippen LogP contribution in [0.2, 0.25) is 5.02 Å². The van der Waals surface area contributed by atoms with Gasteiger partial charge in [0.1, 0.15) is 4.90 Å². The second-order valence-electron chi connectivity index (χ2n) is 4.12. The zero-order valence-corrected chi connectivity index (χ0v) is 11.9. The fourth-order valence-corrected chi connectivity index (χ4v) is 3.76. The van der Waals surface area contributed by atoms with Gasteiger partial charge in [0.2, 0.25) is 10.0 Å². The summed E-state index contributed by atoms with van der Waals surface area (Å²) in [5.41, 5.74) is 5.93. The van der Waals surface area contributed by atoms with Crippen molar-refractivity contribution in [1.29, 1.82) is 0 Å². The molecule has 0 fully saturated rings. The second kappa shape index (κ2) is 5.88. The van der Waals surface area contributed by atoms with Crippen LogP contribution in [0.4, 0.5) is 5.69 Å². The Hall–Kier alpha value is -0.820. The molecule has 0 saturated heterocycles. The highest BCUT2D eigenvalue weighted by molar-refractivity contribution is 7.89. The van der Waals surface area contributed by atoms with E-state index in [1.165, 1.54) is 22.5 Å². The van der Waals surface area contributed by atoms with Crippen molar-refractivity contribution in [3.63, 3.8) is 0 Å². The molecule has 18 heavy (non-hydrogen) atoms. The van der Waals surface area contributed by atoms with Gasteiger partial charge in [0.25, 0.3) is 0 Å². The summed E-state index contributed by atoms with van der Waals surface area (Å²) in [6.07, 6.45) is 0. The number of nitrogen functional groups attached to an aromatic ring is 1. The van der Waals surface area contributed by atoms with E-state index < -0.39 is 10.0 Å². The third kappa shape index (κ3) is 3.14. The predicted molar refractivity (Wildman–Crippen MR) is 72.0 cm³/mol. The summed E-state index contributed by atoms with van der Waals surface area (Å²) >= 11 is 5.91. The first-order valence-electron chi connectivity index (χ1n) is 5.48. The Morgan fingerprint density at radius 2 is 2.06 bits per heavy atom. The standard InChI is InChI=1S/C11H17ClN2O3S/c1-8(2)14(5-6-15)18(16,17)11-4-3-9(13)7-10(11)12/h3-4,7-8,15H,5-6,13H2,1-2H3. The monoisotopic (exact) mass is 292 g/mol. The number of nitrogens with zero attached hydrogens (tertiary/aromatic N) is 1. The molecule has 102 valence electrons. The van der Waals surface area contributed by atoms with E-state index in [1.54, 1.807) is 13.8 Å². The van der Waals surface area contributed by atoms with Crippen molar-refractivity contribution in [1.82, 2.24) is 4.31 Å². The summed E-state index contributed by atoms with van der Waals surface area (Å²) in [6.45, 7) is 3.25. The topological polar surface area (TPSA) is 83.6 Å². The molecule has 0 saturated carbocycles. The minimum Gasteiger partial charge on any atom is -0.399 e. The van der Waals surface area contributed by atoms with E-state index in [0.29, 0.717) is 5.69 Å². The van der Waals surface area contributed by atoms with Crippen LogP contribution < -0.4 is 5.73 Å². The SMILES string of the molecule is CC(C)N(CCO)S(=O)(=O)c1ccc(N)cc1Cl. The van der Waals surface area contributed by atoms with E-state index >= 15 is 0 Å². The van der Waals surface area contributed by atoms with Crippen LogP contribution in [0.5, 0.6) is 0 Å². The van der Waals surface area contributed by atoms with Crippen LogP contribution in [0.25, 0.3) is 0 Å². The molecule has 3 N–H and O–H groups in total. The van der Waals surface area contributed by atoms with Gasteiger partial charge >= 0.3 is 0 Å². The fraction of sp³-hybridized carbons (Fsp3) is 0.455. The molecule has 0 bridgehead atoms. The van der Waals surface area contributed by atoms with Gasteiger partial charge in [0.15, 0.2) is 0 Å². The Morgan fingerprint density at radius 1 is 1.44 bits per heavy atom. The van der Waals surface area contributed by atoms with E-state index in [4.69, 9.17) is 22.4 Å². The van der Waals surface area contributed by atoms with E-state index in [2.05, 4.69) is 0 Å². The van der Waals surface area contributed by atoms with Gasteiger partial charge < -0.3 is 10.8 Å². The molecule has 1 rings (SSSR count). The number of rotatable bonds is 5. The Labute approximate surface area is 112 Å². The Balaban J connectivity index is 3.26. The number of halogens is 1. The lowest BCUT2D eigenvalue weighted by molar-refractivity contribution is 0.236. The molecule has 0 heterocycles. The lowest BCUT2D eigenvalue weighted by Gasteiger charge is -2.25. The first kappa shape index (κ1) is 15.2. The summed E-state index contributed by atoms with van der Waals surface area (Å²) in [6, 6.07) is 3.98. The number of hydrogen-bond acceptors (Lipinski definition) is 4. The lowest BCUT2D eigenvalue weighted by atomic mass is 10.3. The van der Waals surface area contributed by atoms with E-state index in [1.807, 2.05) is 0 Å². The molecule has 0 radical (unpaired) electrons. The number of aliphatic hydroxyl groups excluding tert-OH is 1. The van der Waals surface area contributed by atoms with Crippen molar-refractivity contribution >= 4 is 27.3 Å². The van der Waals surface area contributed by atoms with Crippen LogP contribution in [-0.4, -0.2) is 37.0 Å². The van der Waals surface area contributed by atoms with E-state index in [9.17, 15) is 8.42 Å². The molecule has 0 aliphatic rings. The van der Waals surface area contributed by atoms with E-state index in [0.717, 1.165) is 0 Å². The number of sulfonamides is 1. The molecule has 0 atom stereocenters. The van der Waals surface area contributed by atoms with Gasteiger partial charge in [0, 0.05) is 18.3 Å². The first-order valence-corrected chi connectivity index (χ1v) is 7.30. The Bertz CT molecular complexity index is 517. The van der Waals surface area contributed by atoms with Crippen molar-refractivity contribution in [2.45, 2.75) is 24.8 Å². The molecule has 0 aromatic heterocycles. The van der Waals surface area contributed by atoms with Crippen molar-refractivity contribution in [2.24, 2.45) is 0 Å². The second-order valence-corrected chi connectivity index (χ2v) is 6.39. The summed E-state index contributed by atoms with van der Waals surface area (Å²) in [7, 11) is -3.72. The van der Waals surface area contributed by atoms with Gasteiger partial charge in [0.05, 0.1) is 11.6 Å². The third-order valence-corrected chi connectivity index (χ3v) is 5.00. The fourth-order valence-electron chi connectivity index (χ4n) is 1.61. The quantitative estimate of drug-likeness (QED) is 0.802. The number of hydrogen-bond donors (Lipinski definition) is 2. The number of benzene rings is 1. The molecule has 0 aliphatic heterocycles. The van der Waals surface area contributed by atoms with Crippen molar-refractivity contribution in [2.75, 3.05) is 18.9 Å². The van der Waals surface area contributed by atoms with Gasteiger partial charge in [-0.3, -0.25) is 0 Å². The molecular weight excluding hydrogens is 276 g/mol. The highest BCUT2D eigenvalue weighted by Crippen LogP contribution is 2.27. The van der Waals surface area contributed by atoms with Gasteiger partial charge in [-0.15, -0.1) is 0 Å². The zero-order chi connectivity index (χ0) is 13.9. The Kier molecular flexibility index (Phi) is 4.98. The van der Waals surface area contributed by atoms with Crippen LogP contribution in [0, 0.1) is 0 Å². The smallest absolute Gasteiger partial charge is 0.244 e. The number of anilines is 1. The van der Waals surface area contributed by atoms with Gasteiger partial charge in [-0.1, -0.05) is 11.6 Å². The molecule has 1 aromatic carbocycles. The molecule has 0 aliphatic carbocycles. The number of aliphatic hydroxyl groups is 1. The van der Waals surface area contributed by atoms with Crippen molar-refractivity contribution < 1.29 is 13.5 Å². The maximum absolute atomic E-state index is 12.4. The first-order chi connectivity index (χ1) is 8.30. The minimum atomic E-state index is -3.72. The largest absolute Gasteiger partial charge is 0.399 e. The minimum absolute atomic E-state index is 0.000478. The normalized spacial score (nSPS) is 12.3. The van der Waals surface area contributed by atoms with Crippen LogP contribution >= 0.6 is 11.6 Å². The Morgan fingerprint density at radius 3 is 2.50 bits per heavy atom. The van der Waals surface area contributed by atoms with Gasteiger partial charge in [-0.05, 0) is 32.0 Å². The van der Waals surface area contributed by atoms with Gasteiger partial charge in [-0.2, -0.15) is 4.31 Å². The van der Waals surface area contributed by atoms with E-state index in [-0.39, 0.29) is 29.1 Å². The molecule has 0 amide bonds. The summed E-state index contributed by atoms with van der Waals surface area (Å²) in [5.74, 6) is 0. The zero-order valence-electron chi connectivity index (χ0n) is 10.3. The highest BCUT2D eigenvalue weighted by atomic mass is 35.5. The molecule has 1 aromatic rings. The van der Waals surface area contributed by atoms with Crippen molar-refractivity contribution in [3.8, 4) is 0 Å². The molecule has 7 heteroatoms. The van der Waals surface area contributed by atoms with Crippen LogP contribution in [0.3, 0.4) is 0 Å². The summed E-state index contributed by atoms with van der Waals surface area (Å²) in [5, 5.41) is 9.03. The van der Waals surface area contributed by atoms with Crippen molar-refractivity contribution in [3.05, 3.63) is 23.2 Å². The maximum Gasteiger partial charge on any atom is 0.244 e. The number of nitrogens with two attached hydrogens (primary N) is 1.